The summed E-state index contributed by atoms with van der Waals surface area (Å²) in [5.41, 5.74) is 0. The average molecular weight is 215 g/mol. The van der Waals surface area contributed by atoms with Gasteiger partial charge in [0, 0.05) is 4.90 Å². The van der Waals surface area contributed by atoms with Crippen LogP contribution in [0.3, 0.4) is 0 Å². The maximum atomic E-state index is 5.29. The third-order valence-electron chi connectivity index (χ3n) is 1.98. The normalized spacial score (nSPS) is 9.93. The fourth-order valence-corrected chi connectivity index (χ4v) is 2.19. The summed E-state index contributed by atoms with van der Waals surface area (Å²) < 4.78 is 5.29. The zero-order chi connectivity index (χ0) is 10.5. The Balaban J connectivity index is 2.24. The van der Waals surface area contributed by atoms with Crippen molar-refractivity contribution in [3.8, 4) is 5.75 Å². The van der Waals surface area contributed by atoms with Crippen LogP contribution in [-0.4, -0.2) is 7.11 Å². The van der Waals surface area contributed by atoms with Crippen LogP contribution in [0.15, 0.2) is 58.3 Å². The minimum Gasteiger partial charge on any atom is -0.496 e. The van der Waals surface area contributed by atoms with Gasteiger partial charge in [0.2, 0.25) is 0 Å². The van der Waals surface area contributed by atoms with Crippen molar-refractivity contribution in [3.05, 3.63) is 54.6 Å². The molecule has 2 heteroatoms. The molecule has 0 unspecified atom stereocenters. The Bertz CT molecular complexity index is 426. The highest BCUT2D eigenvalue weighted by Gasteiger charge is 2.02. The largest absolute Gasteiger partial charge is 0.496 e. The number of para-hydroxylation sites is 1. The lowest BCUT2D eigenvalue weighted by atomic mass is 10.3. The van der Waals surface area contributed by atoms with Crippen molar-refractivity contribution in [1.29, 1.82) is 0 Å². The molecular weight excluding hydrogens is 204 g/mol. The van der Waals surface area contributed by atoms with E-state index in [1.807, 2.05) is 42.5 Å². The molecule has 0 aliphatic heterocycles. The zero-order valence-corrected chi connectivity index (χ0v) is 9.25. The Morgan fingerprint density at radius 1 is 1.07 bits per heavy atom. The summed E-state index contributed by atoms with van der Waals surface area (Å²) in [6.07, 6.45) is 0. The molecule has 2 rings (SSSR count). The summed E-state index contributed by atoms with van der Waals surface area (Å²) in [7, 11) is 1.69. The van der Waals surface area contributed by atoms with Crippen molar-refractivity contribution in [3.63, 3.8) is 0 Å². The van der Waals surface area contributed by atoms with E-state index in [4.69, 9.17) is 4.74 Å². The highest BCUT2D eigenvalue weighted by molar-refractivity contribution is 7.99. The third-order valence-corrected chi connectivity index (χ3v) is 3.05. The fourth-order valence-electron chi connectivity index (χ4n) is 1.27. The topological polar surface area (TPSA) is 9.23 Å². The molecule has 0 amide bonds. The minimum absolute atomic E-state index is 0.912. The first kappa shape index (κ1) is 10.1. The first-order valence-corrected chi connectivity index (χ1v) is 5.49. The van der Waals surface area contributed by atoms with Crippen LogP contribution >= 0.6 is 11.8 Å². The minimum atomic E-state index is 0.912. The molecular formula is C13H11OS. The van der Waals surface area contributed by atoms with E-state index >= 15 is 0 Å². The predicted octanol–water partition coefficient (Wildman–Crippen LogP) is 3.65. The molecule has 0 aliphatic carbocycles. The van der Waals surface area contributed by atoms with Crippen LogP contribution in [0.2, 0.25) is 0 Å². The van der Waals surface area contributed by atoms with Gasteiger partial charge in [-0.2, -0.15) is 0 Å². The van der Waals surface area contributed by atoms with Crippen molar-refractivity contribution in [2.24, 2.45) is 0 Å². The van der Waals surface area contributed by atoms with Crippen molar-refractivity contribution in [2.45, 2.75) is 9.79 Å². The van der Waals surface area contributed by atoms with Gasteiger partial charge >= 0.3 is 0 Å². The van der Waals surface area contributed by atoms with Gasteiger partial charge in [0.25, 0.3) is 0 Å². The van der Waals surface area contributed by atoms with Crippen molar-refractivity contribution in [1.82, 2.24) is 0 Å². The highest BCUT2D eigenvalue weighted by atomic mass is 32.2. The molecule has 0 bridgehead atoms. The number of ether oxygens (including phenoxy) is 1. The average Bonchev–Trinajstić information content (AvgIpc) is 2.31. The van der Waals surface area contributed by atoms with E-state index in [9.17, 15) is 0 Å². The molecule has 0 N–H and O–H groups in total. The Kier molecular flexibility index (Phi) is 3.30. The Morgan fingerprint density at radius 3 is 2.53 bits per heavy atom. The van der Waals surface area contributed by atoms with Gasteiger partial charge in [-0.25, -0.2) is 0 Å². The number of methoxy groups -OCH3 is 1. The van der Waals surface area contributed by atoms with E-state index in [-0.39, 0.29) is 0 Å². The van der Waals surface area contributed by atoms with Gasteiger partial charge in [-0.1, -0.05) is 36.0 Å². The molecule has 75 valence electrons. The molecule has 1 nitrogen and oxygen atoms in total. The monoisotopic (exact) mass is 215 g/mol. The maximum absolute atomic E-state index is 5.29. The van der Waals surface area contributed by atoms with Gasteiger partial charge in [-0.3, -0.25) is 0 Å². The van der Waals surface area contributed by atoms with Crippen LogP contribution in [0.1, 0.15) is 0 Å². The number of hydrogen-bond acceptors (Lipinski definition) is 2. The molecule has 2 aromatic carbocycles. The Labute approximate surface area is 94.1 Å². The van der Waals surface area contributed by atoms with E-state index in [0.29, 0.717) is 0 Å². The van der Waals surface area contributed by atoms with Gasteiger partial charge in [0.05, 0.1) is 12.0 Å². The summed E-state index contributed by atoms with van der Waals surface area (Å²) >= 11 is 1.69. The number of benzene rings is 2. The summed E-state index contributed by atoms with van der Waals surface area (Å²) in [6, 6.07) is 18.9. The lowest BCUT2D eigenvalue weighted by molar-refractivity contribution is 0.405. The van der Waals surface area contributed by atoms with E-state index in [1.54, 1.807) is 18.9 Å². The second-order valence-corrected chi connectivity index (χ2v) is 4.10. The summed E-state index contributed by atoms with van der Waals surface area (Å²) in [6.45, 7) is 0. The second-order valence-electron chi connectivity index (χ2n) is 2.99. The molecule has 0 saturated carbocycles. The predicted molar refractivity (Wildman–Crippen MR) is 62.4 cm³/mol. The first-order chi connectivity index (χ1) is 7.40. The fraction of sp³-hybridized carbons (Fsp3) is 0.0769. The van der Waals surface area contributed by atoms with E-state index in [2.05, 4.69) is 12.1 Å². The lowest BCUT2D eigenvalue weighted by Crippen LogP contribution is -1.84. The van der Waals surface area contributed by atoms with Crippen LogP contribution in [0, 0.1) is 6.07 Å². The quantitative estimate of drug-likeness (QED) is 0.773. The molecule has 1 radical (unpaired) electrons. The van der Waals surface area contributed by atoms with Crippen LogP contribution < -0.4 is 4.74 Å². The van der Waals surface area contributed by atoms with Crippen LogP contribution in [0.4, 0.5) is 0 Å². The summed E-state index contributed by atoms with van der Waals surface area (Å²) in [5.74, 6) is 0.912. The van der Waals surface area contributed by atoms with Crippen molar-refractivity contribution >= 4 is 11.8 Å². The highest BCUT2D eigenvalue weighted by Crippen LogP contribution is 2.34. The third kappa shape index (κ3) is 2.54. The van der Waals surface area contributed by atoms with Crippen LogP contribution in [0.25, 0.3) is 0 Å². The standard InChI is InChI=1S/C13H11OS/c1-14-12-9-5-6-10-13(12)15-11-7-3-2-4-8-11/h3-10H,1H3. The summed E-state index contributed by atoms with van der Waals surface area (Å²) in [5, 5.41) is 0. The number of hydrogen-bond donors (Lipinski definition) is 0. The van der Waals surface area contributed by atoms with Gasteiger partial charge < -0.3 is 4.74 Å². The van der Waals surface area contributed by atoms with Crippen LogP contribution in [0.5, 0.6) is 5.75 Å². The zero-order valence-electron chi connectivity index (χ0n) is 8.44. The molecule has 15 heavy (non-hydrogen) atoms. The van der Waals surface area contributed by atoms with Gasteiger partial charge in [-0.15, -0.1) is 0 Å². The van der Waals surface area contributed by atoms with Crippen LogP contribution in [-0.2, 0) is 0 Å². The molecule has 0 spiro atoms. The second kappa shape index (κ2) is 4.89. The first-order valence-electron chi connectivity index (χ1n) is 4.67. The Hall–Kier alpha value is -1.41. The van der Waals surface area contributed by atoms with Crippen molar-refractivity contribution < 1.29 is 4.74 Å². The van der Waals surface area contributed by atoms with Crippen molar-refractivity contribution in [2.75, 3.05) is 7.11 Å². The molecule has 0 aromatic heterocycles. The smallest absolute Gasteiger partial charge is 0.132 e. The van der Waals surface area contributed by atoms with Gasteiger partial charge in [0.1, 0.15) is 5.75 Å². The van der Waals surface area contributed by atoms with Gasteiger partial charge in [0.15, 0.2) is 0 Å². The van der Waals surface area contributed by atoms with Gasteiger partial charge in [-0.05, 0) is 30.3 Å². The van der Waals surface area contributed by atoms with E-state index in [1.165, 1.54) is 4.90 Å². The summed E-state index contributed by atoms with van der Waals surface area (Å²) in [4.78, 5) is 2.32. The molecule has 0 atom stereocenters. The van der Waals surface area contributed by atoms with E-state index < -0.39 is 0 Å². The SMILES string of the molecule is COc1ccccc1Sc1cc[c]cc1. The number of rotatable bonds is 3. The molecule has 0 heterocycles. The lowest BCUT2D eigenvalue weighted by Gasteiger charge is -2.06. The molecule has 0 aliphatic rings. The molecule has 0 fully saturated rings. The molecule has 2 aromatic rings. The maximum Gasteiger partial charge on any atom is 0.132 e. The Morgan fingerprint density at radius 2 is 1.80 bits per heavy atom. The van der Waals surface area contributed by atoms with E-state index in [0.717, 1.165) is 10.6 Å². The molecule has 0 saturated heterocycles.